The zero-order chi connectivity index (χ0) is 16.9. The molecule has 1 aliphatic heterocycles. The Hall–Kier alpha value is -2.10. The summed E-state index contributed by atoms with van der Waals surface area (Å²) in [5.74, 6) is 2.81. The van der Waals surface area contributed by atoms with Crippen LogP contribution < -0.4 is 10.2 Å². The molecule has 0 aliphatic carbocycles. The van der Waals surface area contributed by atoms with Gasteiger partial charge >= 0.3 is 0 Å². The minimum Gasteiger partial charge on any atom is -0.363 e. The van der Waals surface area contributed by atoms with Crippen LogP contribution in [0.25, 0.3) is 0 Å². The predicted molar refractivity (Wildman–Crippen MR) is 101 cm³/mol. The second-order valence-electron chi connectivity index (χ2n) is 6.69. The van der Waals surface area contributed by atoms with E-state index in [2.05, 4.69) is 59.4 Å². The lowest BCUT2D eigenvalue weighted by Gasteiger charge is -2.36. The van der Waals surface area contributed by atoms with Crippen molar-refractivity contribution >= 4 is 11.6 Å². The molecule has 1 aromatic heterocycles. The van der Waals surface area contributed by atoms with Crippen LogP contribution in [-0.2, 0) is 0 Å². The molecule has 2 atom stereocenters. The molecule has 1 saturated heterocycles. The SMILES string of the molecule is CCC1CCCCN1c1cc(NC(C)c2ccccc2)nc(C)n1. The summed E-state index contributed by atoms with van der Waals surface area (Å²) in [6.07, 6.45) is 5.02. The Morgan fingerprint density at radius 1 is 1.21 bits per heavy atom. The minimum absolute atomic E-state index is 0.219. The van der Waals surface area contributed by atoms with Gasteiger partial charge < -0.3 is 10.2 Å². The van der Waals surface area contributed by atoms with Crippen molar-refractivity contribution in [2.75, 3.05) is 16.8 Å². The van der Waals surface area contributed by atoms with Gasteiger partial charge in [0.1, 0.15) is 17.5 Å². The fourth-order valence-corrected chi connectivity index (χ4v) is 3.55. The Bertz CT molecular complexity index is 656. The van der Waals surface area contributed by atoms with Crippen LogP contribution in [0.1, 0.15) is 57.0 Å². The summed E-state index contributed by atoms with van der Waals surface area (Å²) in [5, 5.41) is 3.53. The number of aryl methyl sites for hydroxylation is 1. The Morgan fingerprint density at radius 3 is 2.75 bits per heavy atom. The van der Waals surface area contributed by atoms with Gasteiger partial charge in [-0.3, -0.25) is 0 Å². The smallest absolute Gasteiger partial charge is 0.134 e. The number of piperidine rings is 1. The molecule has 0 radical (unpaired) electrons. The van der Waals surface area contributed by atoms with E-state index < -0.39 is 0 Å². The van der Waals surface area contributed by atoms with Gasteiger partial charge in [-0.2, -0.15) is 0 Å². The van der Waals surface area contributed by atoms with E-state index in [1.165, 1.54) is 31.2 Å². The Balaban J connectivity index is 1.81. The van der Waals surface area contributed by atoms with Crippen LogP contribution in [0.15, 0.2) is 36.4 Å². The molecule has 1 fully saturated rings. The maximum Gasteiger partial charge on any atom is 0.134 e. The molecule has 4 heteroatoms. The number of anilines is 2. The third-order valence-electron chi connectivity index (χ3n) is 4.88. The van der Waals surface area contributed by atoms with E-state index in [9.17, 15) is 0 Å². The first-order valence-corrected chi connectivity index (χ1v) is 9.11. The van der Waals surface area contributed by atoms with Crippen molar-refractivity contribution < 1.29 is 0 Å². The first-order valence-electron chi connectivity index (χ1n) is 9.11. The standard InChI is InChI=1S/C20H28N4/c1-4-18-12-8-9-13-24(18)20-14-19(22-16(3)23-20)21-15(2)17-10-6-5-7-11-17/h5-7,10-11,14-15,18H,4,8-9,12-13H2,1-3H3,(H,21,22,23). The lowest BCUT2D eigenvalue weighted by atomic mass is 10.00. The number of rotatable bonds is 5. The maximum absolute atomic E-state index is 4.71. The van der Waals surface area contributed by atoms with Crippen molar-refractivity contribution in [3.8, 4) is 0 Å². The van der Waals surface area contributed by atoms with Crippen LogP contribution in [0.5, 0.6) is 0 Å². The number of nitrogens with one attached hydrogen (secondary N) is 1. The van der Waals surface area contributed by atoms with E-state index in [1.807, 2.05) is 13.0 Å². The topological polar surface area (TPSA) is 41.0 Å². The van der Waals surface area contributed by atoms with Crippen LogP contribution in [0.2, 0.25) is 0 Å². The second-order valence-corrected chi connectivity index (χ2v) is 6.69. The van der Waals surface area contributed by atoms with Crippen molar-refractivity contribution in [3.05, 3.63) is 47.8 Å². The summed E-state index contributed by atoms with van der Waals surface area (Å²) in [5.41, 5.74) is 1.26. The lowest BCUT2D eigenvalue weighted by Crippen LogP contribution is -2.39. The highest BCUT2D eigenvalue weighted by Gasteiger charge is 2.23. The third-order valence-corrected chi connectivity index (χ3v) is 4.88. The van der Waals surface area contributed by atoms with Crippen LogP contribution >= 0.6 is 0 Å². The van der Waals surface area contributed by atoms with Gasteiger partial charge in [-0.1, -0.05) is 37.3 Å². The highest BCUT2D eigenvalue weighted by atomic mass is 15.2. The van der Waals surface area contributed by atoms with Gasteiger partial charge in [0, 0.05) is 24.7 Å². The third kappa shape index (κ3) is 3.86. The molecule has 2 unspecified atom stereocenters. The largest absolute Gasteiger partial charge is 0.363 e. The summed E-state index contributed by atoms with van der Waals surface area (Å²) in [7, 11) is 0. The van der Waals surface area contributed by atoms with Crippen molar-refractivity contribution in [2.24, 2.45) is 0 Å². The van der Waals surface area contributed by atoms with E-state index in [4.69, 9.17) is 4.98 Å². The number of hydrogen-bond acceptors (Lipinski definition) is 4. The van der Waals surface area contributed by atoms with Crippen molar-refractivity contribution in [1.82, 2.24) is 9.97 Å². The molecule has 4 nitrogen and oxygen atoms in total. The second kappa shape index (κ2) is 7.65. The zero-order valence-electron chi connectivity index (χ0n) is 15.0. The quantitative estimate of drug-likeness (QED) is 0.863. The molecule has 24 heavy (non-hydrogen) atoms. The first-order chi connectivity index (χ1) is 11.7. The highest BCUT2D eigenvalue weighted by Crippen LogP contribution is 2.27. The van der Waals surface area contributed by atoms with Crippen LogP contribution in [0, 0.1) is 6.92 Å². The lowest BCUT2D eigenvalue weighted by molar-refractivity contribution is 0.446. The van der Waals surface area contributed by atoms with Crippen molar-refractivity contribution in [1.29, 1.82) is 0 Å². The van der Waals surface area contributed by atoms with Gasteiger partial charge in [-0.15, -0.1) is 0 Å². The number of aromatic nitrogens is 2. The van der Waals surface area contributed by atoms with E-state index >= 15 is 0 Å². The molecule has 0 amide bonds. The number of nitrogens with zero attached hydrogens (tertiary/aromatic N) is 3. The van der Waals surface area contributed by atoms with Gasteiger partial charge in [0.05, 0.1) is 0 Å². The molecular weight excluding hydrogens is 296 g/mol. The Kier molecular flexibility index (Phi) is 5.34. The summed E-state index contributed by atoms with van der Waals surface area (Å²) in [6, 6.07) is 13.4. The normalized spacial score (nSPS) is 19.1. The molecule has 2 aromatic rings. The van der Waals surface area contributed by atoms with Crippen LogP contribution in [-0.4, -0.2) is 22.6 Å². The minimum atomic E-state index is 0.219. The van der Waals surface area contributed by atoms with Gasteiger partial charge in [-0.05, 0) is 45.1 Å². The van der Waals surface area contributed by atoms with Crippen molar-refractivity contribution in [2.45, 2.75) is 58.5 Å². The molecule has 0 spiro atoms. The van der Waals surface area contributed by atoms with Gasteiger partial charge in [-0.25, -0.2) is 9.97 Å². The van der Waals surface area contributed by atoms with E-state index in [1.54, 1.807) is 0 Å². The monoisotopic (exact) mass is 324 g/mol. The maximum atomic E-state index is 4.71. The van der Waals surface area contributed by atoms with E-state index in [0.29, 0.717) is 6.04 Å². The molecule has 128 valence electrons. The molecule has 0 bridgehead atoms. The average Bonchev–Trinajstić information content (AvgIpc) is 2.62. The molecule has 2 heterocycles. The zero-order valence-corrected chi connectivity index (χ0v) is 15.0. The number of hydrogen-bond donors (Lipinski definition) is 1. The summed E-state index contributed by atoms with van der Waals surface area (Å²) in [6.45, 7) is 7.52. The van der Waals surface area contributed by atoms with E-state index in [0.717, 1.165) is 24.0 Å². The van der Waals surface area contributed by atoms with Crippen LogP contribution in [0.3, 0.4) is 0 Å². The van der Waals surface area contributed by atoms with Crippen LogP contribution in [0.4, 0.5) is 11.6 Å². The summed E-state index contributed by atoms with van der Waals surface area (Å²) < 4.78 is 0. The predicted octanol–water partition coefficient (Wildman–Crippen LogP) is 4.73. The average molecular weight is 324 g/mol. The first kappa shape index (κ1) is 16.7. The fraction of sp³-hybridized carbons (Fsp3) is 0.500. The molecule has 1 aromatic carbocycles. The molecule has 1 N–H and O–H groups in total. The summed E-state index contributed by atoms with van der Waals surface area (Å²) in [4.78, 5) is 11.8. The highest BCUT2D eigenvalue weighted by molar-refractivity contribution is 5.51. The molecule has 3 rings (SSSR count). The molecule has 1 aliphatic rings. The molecular formula is C20H28N4. The van der Waals surface area contributed by atoms with Gasteiger partial charge in [0.15, 0.2) is 0 Å². The van der Waals surface area contributed by atoms with Gasteiger partial charge in [0.2, 0.25) is 0 Å². The Labute approximate surface area is 145 Å². The van der Waals surface area contributed by atoms with E-state index in [-0.39, 0.29) is 6.04 Å². The Morgan fingerprint density at radius 2 is 2.00 bits per heavy atom. The van der Waals surface area contributed by atoms with Crippen molar-refractivity contribution in [3.63, 3.8) is 0 Å². The fourth-order valence-electron chi connectivity index (χ4n) is 3.55. The molecule has 0 saturated carbocycles. The summed E-state index contributed by atoms with van der Waals surface area (Å²) >= 11 is 0. The van der Waals surface area contributed by atoms with Gasteiger partial charge in [0.25, 0.3) is 0 Å². The number of benzene rings is 1.